The van der Waals surface area contributed by atoms with Crippen molar-refractivity contribution in [1.29, 1.82) is 0 Å². The number of carbonyl (C=O) groups is 2. The lowest BCUT2D eigenvalue weighted by atomic mass is 10.0. The molecule has 1 aromatic rings. The largest absolute Gasteiger partial charge is 0.478 e. The molecule has 0 spiro atoms. The number of likely N-dealkylation sites (N-methyl/N-ethyl adjacent to an activating group) is 1. The molecule has 21 heavy (non-hydrogen) atoms. The predicted molar refractivity (Wildman–Crippen MR) is 81.5 cm³/mol. The number of carboxylic acid groups (broad SMARTS) is 1. The summed E-state index contributed by atoms with van der Waals surface area (Å²) in [6.45, 7) is 3.52. The molecular weight excluding hydrogens is 340 g/mol. The Hall–Kier alpha value is -1.44. The monoisotopic (exact) mass is 356 g/mol. The maximum Gasteiger partial charge on any atom is 0.337 e. The molecule has 7 heteroatoms. The first-order chi connectivity index (χ1) is 10.0. The molecule has 0 bridgehead atoms. The van der Waals surface area contributed by atoms with Crippen LogP contribution in [-0.2, 0) is 9.53 Å². The lowest BCUT2D eigenvalue weighted by molar-refractivity contribution is -0.120. The van der Waals surface area contributed by atoms with E-state index in [2.05, 4.69) is 26.6 Å². The Labute approximate surface area is 131 Å². The number of nitrogens with one attached hydrogen (secondary N) is 2. The van der Waals surface area contributed by atoms with E-state index in [4.69, 9.17) is 9.84 Å². The van der Waals surface area contributed by atoms with Crippen LogP contribution in [-0.4, -0.2) is 42.8 Å². The molecule has 1 saturated heterocycles. The SMILES string of the molecule is CCNC1COCC1C(=O)Nc1cc(Br)ccc1C(=O)O. The number of carbonyl (C=O) groups excluding carboxylic acids is 1. The molecule has 6 nitrogen and oxygen atoms in total. The van der Waals surface area contributed by atoms with Crippen LogP contribution in [0.4, 0.5) is 5.69 Å². The molecule has 1 heterocycles. The van der Waals surface area contributed by atoms with Gasteiger partial charge in [-0.2, -0.15) is 0 Å². The summed E-state index contributed by atoms with van der Waals surface area (Å²) >= 11 is 3.27. The van der Waals surface area contributed by atoms with Gasteiger partial charge in [0.15, 0.2) is 0 Å². The van der Waals surface area contributed by atoms with Crippen LogP contribution in [0, 0.1) is 5.92 Å². The number of aromatic carboxylic acids is 1. The molecule has 0 radical (unpaired) electrons. The number of ether oxygens (including phenoxy) is 1. The first kappa shape index (κ1) is 15.9. The molecule has 2 rings (SSSR count). The van der Waals surface area contributed by atoms with Gasteiger partial charge in [0, 0.05) is 10.5 Å². The Bertz CT molecular complexity index is 550. The van der Waals surface area contributed by atoms with Crippen molar-refractivity contribution in [3.05, 3.63) is 28.2 Å². The molecule has 1 fully saturated rings. The summed E-state index contributed by atoms with van der Waals surface area (Å²) in [6.07, 6.45) is 0. The normalized spacial score (nSPS) is 21.2. The smallest absolute Gasteiger partial charge is 0.337 e. The Morgan fingerprint density at radius 2 is 2.19 bits per heavy atom. The number of benzene rings is 1. The third-order valence-corrected chi connectivity index (χ3v) is 3.85. The molecule has 1 amide bonds. The minimum Gasteiger partial charge on any atom is -0.478 e. The van der Waals surface area contributed by atoms with Crippen LogP contribution in [0.15, 0.2) is 22.7 Å². The van der Waals surface area contributed by atoms with E-state index >= 15 is 0 Å². The summed E-state index contributed by atoms with van der Waals surface area (Å²) in [4.78, 5) is 23.5. The Kier molecular flexibility index (Phi) is 5.33. The fourth-order valence-electron chi connectivity index (χ4n) is 2.31. The van der Waals surface area contributed by atoms with E-state index in [0.717, 1.165) is 6.54 Å². The highest BCUT2D eigenvalue weighted by Crippen LogP contribution is 2.23. The quantitative estimate of drug-likeness (QED) is 0.747. The fraction of sp³-hybridized carbons (Fsp3) is 0.429. The fourth-order valence-corrected chi connectivity index (χ4v) is 2.67. The van der Waals surface area contributed by atoms with Gasteiger partial charge >= 0.3 is 5.97 Å². The minimum atomic E-state index is -1.08. The molecule has 0 aliphatic carbocycles. The maximum atomic E-state index is 12.3. The van der Waals surface area contributed by atoms with E-state index in [-0.39, 0.29) is 29.1 Å². The Morgan fingerprint density at radius 3 is 2.86 bits per heavy atom. The second kappa shape index (κ2) is 7.02. The molecule has 3 N–H and O–H groups in total. The number of hydrogen-bond acceptors (Lipinski definition) is 4. The van der Waals surface area contributed by atoms with Crippen LogP contribution in [0.25, 0.3) is 0 Å². The van der Waals surface area contributed by atoms with Gasteiger partial charge in [0.25, 0.3) is 0 Å². The number of carboxylic acids is 1. The number of rotatable bonds is 5. The summed E-state index contributed by atoms with van der Waals surface area (Å²) in [6, 6.07) is 4.61. The zero-order valence-corrected chi connectivity index (χ0v) is 13.1. The third kappa shape index (κ3) is 3.81. The standard InChI is InChI=1S/C14H17BrN2O4/c1-2-16-12-7-21-6-10(12)13(18)17-11-5-8(15)3-4-9(11)14(19)20/h3-5,10,12,16H,2,6-7H2,1H3,(H,17,18)(H,19,20). The highest BCUT2D eigenvalue weighted by Gasteiger charge is 2.33. The third-order valence-electron chi connectivity index (χ3n) is 3.35. The molecule has 0 saturated carbocycles. The van der Waals surface area contributed by atoms with Crippen LogP contribution >= 0.6 is 15.9 Å². The lowest BCUT2D eigenvalue weighted by Crippen LogP contribution is -2.41. The zero-order valence-electron chi connectivity index (χ0n) is 11.6. The summed E-state index contributed by atoms with van der Waals surface area (Å²) in [7, 11) is 0. The van der Waals surface area contributed by atoms with E-state index in [1.54, 1.807) is 12.1 Å². The van der Waals surface area contributed by atoms with Crippen LogP contribution in [0.3, 0.4) is 0 Å². The van der Waals surface area contributed by atoms with Gasteiger partial charge in [0.1, 0.15) is 0 Å². The highest BCUT2D eigenvalue weighted by molar-refractivity contribution is 9.10. The molecule has 0 aromatic heterocycles. The topological polar surface area (TPSA) is 87.7 Å². The Balaban J connectivity index is 2.16. The summed E-state index contributed by atoms with van der Waals surface area (Å²) < 4.78 is 6.04. The van der Waals surface area contributed by atoms with Crippen molar-refractivity contribution < 1.29 is 19.4 Å². The van der Waals surface area contributed by atoms with Gasteiger partial charge in [-0.3, -0.25) is 4.79 Å². The molecule has 1 aromatic carbocycles. The van der Waals surface area contributed by atoms with Crippen molar-refractivity contribution >= 4 is 33.5 Å². The van der Waals surface area contributed by atoms with Gasteiger partial charge in [-0.1, -0.05) is 22.9 Å². The molecule has 2 atom stereocenters. The first-order valence-electron chi connectivity index (χ1n) is 6.67. The number of anilines is 1. The van der Waals surface area contributed by atoms with Gasteiger partial charge in [-0.25, -0.2) is 4.79 Å². The molecule has 114 valence electrons. The molecule has 1 aliphatic heterocycles. The van der Waals surface area contributed by atoms with Gasteiger partial charge in [0.05, 0.1) is 30.4 Å². The zero-order chi connectivity index (χ0) is 15.4. The second-order valence-corrected chi connectivity index (χ2v) is 5.71. The van der Waals surface area contributed by atoms with Gasteiger partial charge in [-0.15, -0.1) is 0 Å². The van der Waals surface area contributed by atoms with E-state index in [9.17, 15) is 9.59 Å². The number of amides is 1. The van der Waals surface area contributed by atoms with Gasteiger partial charge in [-0.05, 0) is 24.7 Å². The van der Waals surface area contributed by atoms with E-state index in [1.165, 1.54) is 6.07 Å². The van der Waals surface area contributed by atoms with E-state index in [1.807, 2.05) is 6.92 Å². The van der Waals surface area contributed by atoms with Crippen molar-refractivity contribution in [3.8, 4) is 0 Å². The van der Waals surface area contributed by atoms with Crippen molar-refractivity contribution in [2.75, 3.05) is 25.1 Å². The summed E-state index contributed by atoms with van der Waals surface area (Å²) in [5.41, 5.74) is 0.342. The van der Waals surface area contributed by atoms with Crippen molar-refractivity contribution in [2.45, 2.75) is 13.0 Å². The molecular formula is C14H17BrN2O4. The van der Waals surface area contributed by atoms with Crippen molar-refractivity contribution in [3.63, 3.8) is 0 Å². The maximum absolute atomic E-state index is 12.3. The second-order valence-electron chi connectivity index (χ2n) is 4.79. The summed E-state index contributed by atoms with van der Waals surface area (Å²) in [5.74, 6) is -1.65. The van der Waals surface area contributed by atoms with Gasteiger partial charge in [0.2, 0.25) is 5.91 Å². The number of halogens is 1. The van der Waals surface area contributed by atoms with Gasteiger partial charge < -0.3 is 20.5 Å². The summed E-state index contributed by atoms with van der Waals surface area (Å²) in [5, 5.41) is 15.1. The molecule has 2 unspecified atom stereocenters. The number of hydrogen-bond donors (Lipinski definition) is 3. The first-order valence-corrected chi connectivity index (χ1v) is 7.47. The molecule has 1 aliphatic rings. The van der Waals surface area contributed by atoms with E-state index < -0.39 is 5.97 Å². The lowest BCUT2D eigenvalue weighted by Gasteiger charge is -2.18. The average Bonchev–Trinajstić information content (AvgIpc) is 2.87. The van der Waals surface area contributed by atoms with Crippen LogP contribution in [0.1, 0.15) is 17.3 Å². The van der Waals surface area contributed by atoms with Crippen molar-refractivity contribution in [2.24, 2.45) is 5.92 Å². The minimum absolute atomic E-state index is 0.0459. The average molecular weight is 357 g/mol. The van der Waals surface area contributed by atoms with Crippen LogP contribution in [0.2, 0.25) is 0 Å². The van der Waals surface area contributed by atoms with Crippen molar-refractivity contribution in [1.82, 2.24) is 5.32 Å². The predicted octanol–water partition coefficient (Wildman–Crippen LogP) is 1.71. The van der Waals surface area contributed by atoms with Crippen LogP contribution < -0.4 is 10.6 Å². The highest BCUT2D eigenvalue weighted by atomic mass is 79.9. The Morgan fingerprint density at radius 1 is 1.43 bits per heavy atom. The van der Waals surface area contributed by atoms with E-state index in [0.29, 0.717) is 17.7 Å². The van der Waals surface area contributed by atoms with Crippen LogP contribution in [0.5, 0.6) is 0 Å².